The lowest BCUT2D eigenvalue weighted by atomic mass is 10.2. The summed E-state index contributed by atoms with van der Waals surface area (Å²) >= 11 is 0. The molecule has 0 radical (unpaired) electrons. The third kappa shape index (κ3) is 6.16. The Morgan fingerprint density at radius 1 is 1.32 bits per heavy atom. The minimum atomic E-state index is -0.260. The number of hydrogen-bond donors (Lipinski definition) is 1. The van der Waals surface area contributed by atoms with Crippen LogP contribution in [-0.4, -0.2) is 31.7 Å². The Morgan fingerprint density at radius 3 is 2.64 bits per heavy atom. The summed E-state index contributed by atoms with van der Waals surface area (Å²) < 4.78 is 10.7. The average Bonchev–Trinajstić information content (AvgIpc) is 2.52. The Labute approximate surface area is 132 Å². The number of ether oxygens (including phenoxy) is 2. The van der Waals surface area contributed by atoms with Crippen molar-refractivity contribution >= 4 is 11.9 Å². The van der Waals surface area contributed by atoms with Crippen molar-refractivity contribution in [2.24, 2.45) is 10.9 Å². The highest BCUT2D eigenvalue weighted by Crippen LogP contribution is 2.12. The van der Waals surface area contributed by atoms with E-state index in [1.807, 2.05) is 27.7 Å². The van der Waals surface area contributed by atoms with Gasteiger partial charge in [-0.3, -0.25) is 10.1 Å². The van der Waals surface area contributed by atoms with Gasteiger partial charge in [0.05, 0.1) is 19.8 Å². The van der Waals surface area contributed by atoms with Crippen LogP contribution >= 0.6 is 0 Å². The molecule has 5 nitrogen and oxygen atoms in total. The molecule has 0 fully saturated rings. The number of aliphatic imine (C=N–C) groups is 1. The van der Waals surface area contributed by atoms with E-state index in [9.17, 15) is 4.79 Å². The van der Waals surface area contributed by atoms with Crippen molar-refractivity contribution < 1.29 is 14.3 Å². The third-order valence-corrected chi connectivity index (χ3v) is 3.03. The molecule has 0 bridgehead atoms. The van der Waals surface area contributed by atoms with Gasteiger partial charge >= 0.3 is 0 Å². The average molecular weight is 306 g/mol. The van der Waals surface area contributed by atoms with Gasteiger partial charge < -0.3 is 9.47 Å². The van der Waals surface area contributed by atoms with E-state index < -0.39 is 0 Å². The predicted molar refractivity (Wildman–Crippen MR) is 88.4 cm³/mol. The van der Waals surface area contributed by atoms with Crippen molar-refractivity contribution in [3.05, 3.63) is 29.8 Å². The summed E-state index contributed by atoms with van der Waals surface area (Å²) in [5.74, 6) is 0.733. The van der Waals surface area contributed by atoms with Crippen LogP contribution in [0.25, 0.3) is 0 Å². The molecule has 0 aliphatic heterocycles. The number of benzene rings is 1. The lowest BCUT2D eigenvalue weighted by Gasteiger charge is -2.14. The predicted octanol–water partition coefficient (Wildman–Crippen LogP) is 3.25. The topological polar surface area (TPSA) is 59.9 Å². The minimum Gasteiger partial charge on any atom is -0.497 e. The Morgan fingerprint density at radius 2 is 2.05 bits per heavy atom. The van der Waals surface area contributed by atoms with Gasteiger partial charge in [0.1, 0.15) is 5.75 Å². The van der Waals surface area contributed by atoms with E-state index in [1.165, 1.54) is 0 Å². The van der Waals surface area contributed by atoms with Crippen molar-refractivity contribution in [2.75, 3.05) is 13.7 Å². The van der Waals surface area contributed by atoms with Crippen LogP contribution in [0.15, 0.2) is 29.3 Å². The molecule has 1 N–H and O–H groups in total. The zero-order valence-electron chi connectivity index (χ0n) is 14.1. The molecule has 0 heterocycles. The van der Waals surface area contributed by atoms with E-state index in [0.717, 1.165) is 6.42 Å². The maximum absolute atomic E-state index is 12.3. The highest BCUT2D eigenvalue weighted by Gasteiger charge is 2.12. The molecule has 0 saturated heterocycles. The summed E-state index contributed by atoms with van der Waals surface area (Å²) in [5.41, 5.74) is 0.504. The Balaban J connectivity index is 2.82. The van der Waals surface area contributed by atoms with Crippen LogP contribution in [0.4, 0.5) is 0 Å². The van der Waals surface area contributed by atoms with Crippen LogP contribution in [0.3, 0.4) is 0 Å². The molecule has 1 amide bonds. The molecule has 1 aromatic carbocycles. The number of methoxy groups -OCH3 is 1. The van der Waals surface area contributed by atoms with Gasteiger partial charge in [-0.1, -0.05) is 26.8 Å². The first-order chi connectivity index (χ1) is 10.5. The minimum absolute atomic E-state index is 0.0905. The fourth-order valence-electron chi connectivity index (χ4n) is 1.58. The van der Waals surface area contributed by atoms with Crippen LogP contribution in [0.1, 0.15) is 44.5 Å². The Hall–Kier alpha value is -2.04. The molecule has 0 aliphatic carbocycles. The maximum Gasteiger partial charge on any atom is 0.291 e. The molecule has 0 saturated carbocycles. The molecule has 22 heavy (non-hydrogen) atoms. The molecule has 0 aromatic heterocycles. The molecule has 122 valence electrons. The first kappa shape index (κ1) is 18.0. The second-order valence-corrected chi connectivity index (χ2v) is 5.58. The molecular formula is C17H26N2O3. The van der Waals surface area contributed by atoms with Gasteiger partial charge in [0.15, 0.2) is 0 Å². The van der Waals surface area contributed by atoms with Gasteiger partial charge in [-0.25, -0.2) is 4.99 Å². The van der Waals surface area contributed by atoms with Crippen LogP contribution in [0.5, 0.6) is 5.75 Å². The first-order valence-corrected chi connectivity index (χ1v) is 7.62. The Bertz CT molecular complexity index is 512. The SMILES string of the molecule is CC[C@@H](C)N=C(NC(=O)c1cccc(OC)c1)OCC(C)C. The third-order valence-electron chi connectivity index (χ3n) is 3.03. The molecule has 0 spiro atoms. The van der Waals surface area contributed by atoms with Gasteiger partial charge in [-0.05, 0) is 37.5 Å². The van der Waals surface area contributed by atoms with Gasteiger partial charge in [0, 0.05) is 5.56 Å². The second-order valence-electron chi connectivity index (χ2n) is 5.58. The van der Waals surface area contributed by atoms with Crippen molar-refractivity contribution in [3.8, 4) is 5.75 Å². The molecular weight excluding hydrogens is 280 g/mol. The van der Waals surface area contributed by atoms with Gasteiger partial charge in [-0.15, -0.1) is 0 Å². The van der Waals surface area contributed by atoms with Crippen molar-refractivity contribution in [3.63, 3.8) is 0 Å². The summed E-state index contributed by atoms with van der Waals surface area (Å²) in [5, 5.41) is 2.74. The molecule has 5 heteroatoms. The molecule has 1 atom stereocenters. The standard InChI is InChI=1S/C17H26N2O3/c1-6-13(4)18-17(22-11-12(2)3)19-16(20)14-8-7-9-15(10-14)21-5/h7-10,12-13H,6,11H2,1-5H3,(H,18,19,20)/t13-/m1/s1. The lowest BCUT2D eigenvalue weighted by molar-refractivity contribution is 0.0962. The summed E-state index contributed by atoms with van der Waals surface area (Å²) in [6.45, 7) is 8.62. The monoisotopic (exact) mass is 306 g/mol. The van der Waals surface area contributed by atoms with Gasteiger partial charge in [-0.2, -0.15) is 0 Å². The number of carbonyl (C=O) groups excluding carboxylic acids is 1. The van der Waals surface area contributed by atoms with E-state index in [4.69, 9.17) is 9.47 Å². The van der Waals surface area contributed by atoms with Crippen molar-refractivity contribution in [1.29, 1.82) is 0 Å². The van der Waals surface area contributed by atoms with E-state index in [-0.39, 0.29) is 18.0 Å². The number of amides is 1. The normalized spacial score (nSPS) is 12.9. The summed E-state index contributed by atoms with van der Waals surface area (Å²) in [6, 6.07) is 7.33. The van der Waals surface area contributed by atoms with E-state index in [2.05, 4.69) is 10.3 Å². The molecule has 1 aromatic rings. The van der Waals surface area contributed by atoms with E-state index in [1.54, 1.807) is 31.4 Å². The van der Waals surface area contributed by atoms with Crippen LogP contribution < -0.4 is 10.1 Å². The zero-order valence-corrected chi connectivity index (χ0v) is 14.1. The fraction of sp³-hybridized carbons (Fsp3) is 0.529. The van der Waals surface area contributed by atoms with Crippen LogP contribution in [-0.2, 0) is 4.74 Å². The molecule has 0 aliphatic rings. The number of rotatable bonds is 6. The number of amidine groups is 1. The Kier molecular flexibility index (Phi) is 7.43. The van der Waals surface area contributed by atoms with E-state index >= 15 is 0 Å². The number of nitrogens with one attached hydrogen (secondary N) is 1. The van der Waals surface area contributed by atoms with Crippen LogP contribution in [0.2, 0.25) is 0 Å². The summed E-state index contributed by atoms with van der Waals surface area (Å²) in [7, 11) is 1.57. The lowest BCUT2D eigenvalue weighted by Crippen LogP contribution is -2.34. The first-order valence-electron chi connectivity index (χ1n) is 7.62. The number of nitrogens with zero attached hydrogens (tertiary/aromatic N) is 1. The molecule has 0 unspecified atom stereocenters. The van der Waals surface area contributed by atoms with Crippen molar-refractivity contribution in [1.82, 2.24) is 5.32 Å². The van der Waals surface area contributed by atoms with Crippen LogP contribution in [0, 0.1) is 5.92 Å². The summed E-state index contributed by atoms with van der Waals surface area (Å²) in [6.07, 6.45) is 0.879. The van der Waals surface area contributed by atoms with E-state index in [0.29, 0.717) is 23.8 Å². The fourth-order valence-corrected chi connectivity index (χ4v) is 1.58. The highest BCUT2D eigenvalue weighted by molar-refractivity contribution is 6.04. The molecule has 1 rings (SSSR count). The number of hydrogen-bond acceptors (Lipinski definition) is 4. The second kappa shape index (κ2) is 9.07. The highest BCUT2D eigenvalue weighted by atomic mass is 16.5. The summed E-state index contributed by atoms with van der Waals surface area (Å²) in [4.78, 5) is 16.7. The van der Waals surface area contributed by atoms with Gasteiger partial charge in [0.25, 0.3) is 11.9 Å². The largest absolute Gasteiger partial charge is 0.497 e. The zero-order chi connectivity index (χ0) is 16.5. The quantitative estimate of drug-likeness (QED) is 0.648. The maximum atomic E-state index is 12.3. The number of carbonyl (C=O) groups is 1. The van der Waals surface area contributed by atoms with Crippen molar-refractivity contribution in [2.45, 2.75) is 40.2 Å². The van der Waals surface area contributed by atoms with Gasteiger partial charge in [0.2, 0.25) is 0 Å². The smallest absolute Gasteiger partial charge is 0.291 e.